The number of methoxy groups -OCH3 is 1. The normalized spacial score (nSPS) is 12.2. The van der Waals surface area contributed by atoms with Gasteiger partial charge >= 0.3 is 0 Å². The van der Waals surface area contributed by atoms with Crippen LogP contribution in [-0.4, -0.2) is 7.11 Å². The van der Waals surface area contributed by atoms with E-state index < -0.39 is 0 Å². The molecule has 0 bridgehead atoms. The minimum absolute atomic E-state index is 0.0233. The Morgan fingerprint density at radius 1 is 1.10 bits per heavy atom. The predicted octanol–water partition coefficient (Wildman–Crippen LogP) is 5.14. The second-order valence-corrected chi connectivity index (χ2v) is 5.23. The third kappa shape index (κ3) is 3.73. The summed E-state index contributed by atoms with van der Waals surface area (Å²) >= 11 is 6.35. The van der Waals surface area contributed by atoms with Crippen molar-refractivity contribution in [3.05, 3.63) is 65.5 Å². The zero-order valence-electron chi connectivity index (χ0n) is 11.5. The summed E-state index contributed by atoms with van der Waals surface area (Å²) < 4.78 is 18.9. The van der Waals surface area contributed by atoms with E-state index in [-0.39, 0.29) is 11.2 Å². The molecule has 2 aromatic carbocycles. The van der Waals surface area contributed by atoms with Gasteiger partial charge in [-0.3, -0.25) is 0 Å². The Bertz CT molecular complexity index is 542. The van der Waals surface area contributed by atoms with Crippen molar-refractivity contribution in [2.75, 3.05) is 7.11 Å². The van der Waals surface area contributed by atoms with Crippen molar-refractivity contribution in [2.45, 2.75) is 24.6 Å². The summed E-state index contributed by atoms with van der Waals surface area (Å²) in [5.74, 6) is 0.0359. The van der Waals surface area contributed by atoms with Crippen molar-refractivity contribution >= 4 is 11.6 Å². The van der Waals surface area contributed by atoms with Gasteiger partial charge in [-0.05, 0) is 36.5 Å². The van der Waals surface area contributed by atoms with Crippen LogP contribution in [0.5, 0.6) is 5.75 Å². The standard InChI is InChI=1S/C17H18ClFO/c1-20-16-12-6-10-14(17(16)19)9-5-11-15(18)13-7-3-2-4-8-13/h2-4,6-8,10,12,15H,5,9,11H2,1H3. The van der Waals surface area contributed by atoms with E-state index in [1.807, 2.05) is 36.4 Å². The third-order valence-electron chi connectivity index (χ3n) is 3.33. The molecule has 3 heteroatoms. The van der Waals surface area contributed by atoms with E-state index in [2.05, 4.69) is 0 Å². The number of aryl methyl sites for hydroxylation is 1. The SMILES string of the molecule is COc1cccc(CCCC(Cl)c2ccccc2)c1F. The Morgan fingerprint density at radius 3 is 2.55 bits per heavy atom. The molecule has 0 saturated heterocycles. The minimum atomic E-state index is -0.263. The lowest BCUT2D eigenvalue weighted by molar-refractivity contribution is 0.384. The first-order valence-electron chi connectivity index (χ1n) is 6.72. The number of ether oxygens (including phenoxy) is 1. The van der Waals surface area contributed by atoms with Gasteiger partial charge in [0, 0.05) is 0 Å². The Kier molecular flexibility index (Phi) is 5.42. The fourth-order valence-electron chi connectivity index (χ4n) is 2.21. The summed E-state index contributed by atoms with van der Waals surface area (Å²) in [6.07, 6.45) is 2.33. The fraction of sp³-hybridized carbons (Fsp3) is 0.294. The van der Waals surface area contributed by atoms with Gasteiger partial charge in [0.15, 0.2) is 11.6 Å². The van der Waals surface area contributed by atoms with Crippen molar-refractivity contribution in [3.63, 3.8) is 0 Å². The van der Waals surface area contributed by atoms with Crippen LogP contribution in [-0.2, 0) is 6.42 Å². The van der Waals surface area contributed by atoms with E-state index in [9.17, 15) is 4.39 Å². The van der Waals surface area contributed by atoms with Crippen LogP contribution in [0.15, 0.2) is 48.5 Å². The van der Waals surface area contributed by atoms with Crippen LogP contribution in [0.25, 0.3) is 0 Å². The van der Waals surface area contributed by atoms with Crippen molar-refractivity contribution in [1.29, 1.82) is 0 Å². The first kappa shape index (κ1) is 14.9. The summed E-state index contributed by atoms with van der Waals surface area (Å²) in [5.41, 5.74) is 1.79. The van der Waals surface area contributed by atoms with Crippen molar-refractivity contribution in [1.82, 2.24) is 0 Å². The lowest BCUT2D eigenvalue weighted by atomic mass is 10.0. The van der Waals surface area contributed by atoms with Crippen LogP contribution in [0.4, 0.5) is 4.39 Å². The summed E-state index contributed by atoms with van der Waals surface area (Å²) in [7, 11) is 1.48. The molecule has 1 atom stereocenters. The van der Waals surface area contributed by atoms with E-state index in [0.29, 0.717) is 17.7 Å². The third-order valence-corrected chi connectivity index (χ3v) is 3.80. The maximum Gasteiger partial charge on any atom is 0.168 e. The highest BCUT2D eigenvalue weighted by molar-refractivity contribution is 6.20. The lowest BCUT2D eigenvalue weighted by Gasteiger charge is -2.11. The maximum atomic E-state index is 14.0. The monoisotopic (exact) mass is 292 g/mol. The molecule has 2 aromatic rings. The molecule has 0 fully saturated rings. The molecule has 0 N–H and O–H groups in total. The molecule has 0 aliphatic rings. The van der Waals surface area contributed by atoms with Crippen LogP contribution in [0.2, 0.25) is 0 Å². The molecule has 106 valence electrons. The van der Waals surface area contributed by atoms with Gasteiger partial charge in [-0.2, -0.15) is 0 Å². The highest BCUT2D eigenvalue weighted by Gasteiger charge is 2.10. The molecular formula is C17H18ClFO. The zero-order valence-corrected chi connectivity index (χ0v) is 12.2. The van der Waals surface area contributed by atoms with Crippen molar-refractivity contribution in [3.8, 4) is 5.75 Å². The van der Waals surface area contributed by atoms with E-state index >= 15 is 0 Å². The average molecular weight is 293 g/mol. The first-order valence-corrected chi connectivity index (χ1v) is 7.16. The van der Waals surface area contributed by atoms with E-state index in [4.69, 9.17) is 16.3 Å². The van der Waals surface area contributed by atoms with Crippen LogP contribution in [0.1, 0.15) is 29.3 Å². The second-order valence-electron chi connectivity index (χ2n) is 4.70. The summed E-state index contributed by atoms with van der Waals surface area (Å²) in [4.78, 5) is 0. The van der Waals surface area contributed by atoms with Gasteiger partial charge in [0.05, 0.1) is 12.5 Å². The van der Waals surface area contributed by atoms with Crippen molar-refractivity contribution in [2.24, 2.45) is 0 Å². The van der Waals surface area contributed by atoms with E-state index in [0.717, 1.165) is 18.4 Å². The molecule has 1 unspecified atom stereocenters. The van der Waals surface area contributed by atoms with Gasteiger partial charge in [0.2, 0.25) is 0 Å². The summed E-state index contributed by atoms with van der Waals surface area (Å²) in [6.45, 7) is 0. The Morgan fingerprint density at radius 2 is 1.85 bits per heavy atom. The molecule has 0 aliphatic heterocycles. The minimum Gasteiger partial charge on any atom is -0.494 e. The number of rotatable bonds is 6. The highest BCUT2D eigenvalue weighted by Crippen LogP contribution is 2.27. The van der Waals surface area contributed by atoms with Gasteiger partial charge in [-0.15, -0.1) is 11.6 Å². The molecule has 0 saturated carbocycles. The molecule has 20 heavy (non-hydrogen) atoms. The highest BCUT2D eigenvalue weighted by atomic mass is 35.5. The molecule has 0 aliphatic carbocycles. The molecule has 2 rings (SSSR count). The predicted molar refractivity (Wildman–Crippen MR) is 80.9 cm³/mol. The molecule has 0 amide bonds. The largest absolute Gasteiger partial charge is 0.494 e. The van der Waals surface area contributed by atoms with Crippen LogP contribution in [0, 0.1) is 5.82 Å². The molecular weight excluding hydrogens is 275 g/mol. The molecule has 1 nitrogen and oxygen atoms in total. The van der Waals surface area contributed by atoms with Gasteiger partial charge in [-0.25, -0.2) is 4.39 Å². The topological polar surface area (TPSA) is 9.23 Å². The van der Waals surface area contributed by atoms with Gasteiger partial charge in [0.25, 0.3) is 0 Å². The average Bonchev–Trinajstić information content (AvgIpc) is 2.49. The maximum absolute atomic E-state index is 14.0. The van der Waals surface area contributed by atoms with Gasteiger partial charge < -0.3 is 4.74 Å². The van der Waals surface area contributed by atoms with E-state index in [1.165, 1.54) is 7.11 Å². The van der Waals surface area contributed by atoms with E-state index in [1.54, 1.807) is 12.1 Å². The zero-order chi connectivity index (χ0) is 14.4. The number of hydrogen-bond acceptors (Lipinski definition) is 1. The fourth-order valence-corrected chi connectivity index (χ4v) is 2.51. The van der Waals surface area contributed by atoms with Gasteiger partial charge in [-0.1, -0.05) is 42.5 Å². The summed E-state index contributed by atoms with van der Waals surface area (Å²) in [5, 5.41) is -0.0233. The first-order chi connectivity index (χ1) is 9.72. The molecule has 0 radical (unpaired) electrons. The second kappa shape index (κ2) is 7.30. The number of halogens is 2. The molecule has 0 spiro atoms. The Balaban J connectivity index is 1.90. The van der Waals surface area contributed by atoms with Gasteiger partial charge in [0.1, 0.15) is 0 Å². The van der Waals surface area contributed by atoms with Crippen molar-refractivity contribution < 1.29 is 9.13 Å². The molecule has 0 heterocycles. The van der Waals surface area contributed by atoms with Crippen LogP contribution < -0.4 is 4.74 Å². The number of hydrogen-bond donors (Lipinski definition) is 0. The Hall–Kier alpha value is -1.54. The number of alkyl halides is 1. The molecule has 0 aromatic heterocycles. The van der Waals surface area contributed by atoms with Crippen LogP contribution in [0.3, 0.4) is 0 Å². The van der Waals surface area contributed by atoms with Crippen LogP contribution >= 0.6 is 11.6 Å². The quantitative estimate of drug-likeness (QED) is 0.670. The smallest absolute Gasteiger partial charge is 0.168 e. The Labute approximate surface area is 124 Å². The summed E-state index contributed by atoms with van der Waals surface area (Å²) in [6, 6.07) is 15.2. The number of benzene rings is 2. The lowest BCUT2D eigenvalue weighted by Crippen LogP contribution is -1.97.